The van der Waals surface area contributed by atoms with Gasteiger partial charge in [-0.25, -0.2) is 4.98 Å². The summed E-state index contributed by atoms with van der Waals surface area (Å²) in [6.07, 6.45) is 1.99. The van der Waals surface area contributed by atoms with Crippen LogP contribution in [0.15, 0.2) is 28.7 Å². The van der Waals surface area contributed by atoms with Crippen LogP contribution in [0, 0.1) is 19.8 Å². The third-order valence-corrected chi connectivity index (χ3v) is 4.54. The number of rotatable bonds is 4. The SMILES string of the molecule is Cc1nc(C(=O)N2CCCC(COc3ccccc3Cl)C2)c(C)o1. The number of hydrogen-bond acceptors (Lipinski definition) is 4. The molecule has 1 atom stereocenters. The van der Waals surface area contributed by atoms with E-state index in [4.69, 9.17) is 20.8 Å². The lowest BCUT2D eigenvalue weighted by molar-refractivity contribution is 0.0626. The van der Waals surface area contributed by atoms with E-state index in [2.05, 4.69) is 4.98 Å². The Bertz CT molecular complexity index is 729. The molecular weight excluding hydrogens is 328 g/mol. The van der Waals surface area contributed by atoms with E-state index in [1.54, 1.807) is 13.8 Å². The molecule has 1 amide bonds. The quantitative estimate of drug-likeness (QED) is 0.841. The fraction of sp³-hybridized carbons (Fsp3) is 0.444. The van der Waals surface area contributed by atoms with Gasteiger partial charge in [0.05, 0.1) is 11.6 Å². The summed E-state index contributed by atoms with van der Waals surface area (Å²) in [6, 6.07) is 7.44. The largest absolute Gasteiger partial charge is 0.492 e. The first kappa shape index (κ1) is 16.8. The van der Waals surface area contributed by atoms with Crippen LogP contribution in [-0.2, 0) is 0 Å². The van der Waals surface area contributed by atoms with E-state index in [-0.39, 0.29) is 11.8 Å². The number of para-hydroxylation sites is 1. The van der Waals surface area contributed by atoms with Crippen molar-refractivity contribution in [2.24, 2.45) is 5.92 Å². The number of likely N-dealkylation sites (tertiary alicyclic amines) is 1. The van der Waals surface area contributed by atoms with Gasteiger partial charge in [-0.2, -0.15) is 0 Å². The highest BCUT2D eigenvalue weighted by Crippen LogP contribution is 2.26. The van der Waals surface area contributed by atoms with E-state index < -0.39 is 0 Å². The summed E-state index contributed by atoms with van der Waals surface area (Å²) in [7, 11) is 0. The van der Waals surface area contributed by atoms with Gasteiger partial charge in [0.2, 0.25) is 0 Å². The van der Waals surface area contributed by atoms with Crippen molar-refractivity contribution in [3.63, 3.8) is 0 Å². The lowest BCUT2D eigenvalue weighted by Gasteiger charge is -2.32. The molecule has 1 aromatic heterocycles. The molecule has 3 rings (SSSR count). The van der Waals surface area contributed by atoms with Crippen LogP contribution in [0.3, 0.4) is 0 Å². The van der Waals surface area contributed by atoms with Crippen molar-refractivity contribution < 1.29 is 13.9 Å². The number of aryl methyl sites for hydroxylation is 2. The number of hydrogen-bond donors (Lipinski definition) is 0. The Morgan fingerprint density at radius 1 is 1.42 bits per heavy atom. The van der Waals surface area contributed by atoms with Crippen molar-refractivity contribution in [1.82, 2.24) is 9.88 Å². The Morgan fingerprint density at radius 3 is 2.92 bits per heavy atom. The maximum absolute atomic E-state index is 12.6. The van der Waals surface area contributed by atoms with Gasteiger partial charge >= 0.3 is 0 Å². The normalized spacial score (nSPS) is 17.8. The van der Waals surface area contributed by atoms with Crippen molar-refractivity contribution in [1.29, 1.82) is 0 Å². The first-order valence-corrected chi connectivity index (χ1v) is 8.53. The number of nitrogens with zero attached hydrogens (tertiary/aromatic N) is 2. The minimum absolute atomic E-state index is 0.0632. The topological polar surface area (TPSA) is 55.6 Å². The average Bonchev–Trinajstić information content (AvgIpc) is 2.92. The molecular formula is C18H21ClN2O3. The first-order valence-electron chi connectivity index (χ1n) is 8.15. The van der Waals surface area contributed by atoms with Crippen molar-refractivity contribution in [3.8, 4) is 5.75 Å². The smallest absolute Gasteiger partial charge is 0.276 e. The van der Waals surface area contributed by atoms with Gasteiger partial charge in [-0.3, -0.25) is 4.79 Å². The fourth-order valence-corrected chi connectivity index (χ4v) is 3.22. The van der Waals surface area contributed by atoms with Crippen LogP contribution in [0.1, 0.15) is 35.0 Å². The predicted octanol–water partition coefficient (Wildman–Crippen LogP) is 3.88. The van der Waals surface area contributed by atoms with E-state index in [9.17, 15) is 4.79 Å². The molecule has 0 N–H and O–H groups in total. The number of carbonyl (C=O) groups excluding carboxylic acids is 1. The third kappa shape index (κ3) is 3.73. The summed E-state index contributed by atoms with van der Waals surface area (Å²) in [5.41, 5.74) is 0.417. The second kappa shape index (κ2) is 7.26. The highest BCUT2D eigenvalue weighted by molar-refractivity contribution is 6.32. The van der Waals surface area contributed by atoms with Crippen LogP contribution in [0.2, 0.25) is 5.02 Å². The Balaban J connectivity index is 1.61. The van der Waals surface area contributed by atoms with E-state index in [0.29, 0.717) is 41.3 Å². The van der Waals surface area contributed by atoms with E-state index in [1.165, 1.54) is 0 Å². The number of piperidine rings is 1. The lowest BCUT2D eigenvalue weighted by atomic mass is 9.98. The average molecular weight is 349 g/mol. The van der Waals surface area contributed by atoms with Crippen LogP contribution in [-0.4, -0.2) is 35.5 Å². The summed E-state index contributed by atoms with van der Waals surface area (Å²) in [4.78, 5) is 18.7. The van der Waals surface area contributed by atoms with Crippen LogP contribution < -0.4 is 4.74 Å². The van der Waals surface area contributed by atoms with Gasteiger partial charge in [0, 0.05) is 25.9 Å². The first-order chi connectivity index (χ1) is 11.5. The standard InChI is InChI=1S/C18H21ClN2O3/c1-12-17(20-13(2)24-12)18(22)21-9-5-6-14(10-21)11-23-16-8-4-3-7-15(16)19/h3-4,7-8,14H,5-6,9-11H2,1-2H3. The van der Waals surface area contributed by atoms with E-state index in [1.807, 2.05) is 29.2 Å². The Kier molecular flexibility index (Phi) is 5.09. The van der Waals surface area contributed by atoms with Crippen molar-refractivity contribution >= 4 is 17.5 Å². The van der Waals surface area contributed by atoms with Crippen molar-refractivity contribution in [2.75, 3.05) is 19.7 Å². The predicted molar refractivity (Wildman–Crippen MR) is 91.6 cm³/mol. The zero-order valence-electron chi connectivity index (χ0n) is 13.9. The molecule has 1 saturated heterocycles. The highest BCUT2D eigenvalue weighted by Gasteiger charge is 2.28. The van der Waals surface area contributed by atoms with Crippen molar-refractivity contribution in [2.45, 2.75) is 26.7 Å². The van der Waals surface area contributed by atoms with Crippen LogP contribution in [0.4, 0.5) is 0 Å². The minimum atomic E-state index is -0.0632. The van der Waals surface area contributed by atoms with Gasteiger partial charge < -0.3 is 14.1 Å². The van der Waals surface area contributed by atoms with Crippen LogP contribution in [0.25, 0.3) is 0 Å². The lowest BCUT2D eigenvalue weighted by Crippen LogP contribution is -2.42. The number of oxazole rings is 1. The Hall–Kier alpha value is -2.01. The molecule has 1 aliphatic rings. The summed E-state index contributed by atoms with van der Waals surface area (Å²) in [6.45, 7) is 5.47. The Labute approximate surface area is 146 Å². The maximum Gasteiger partial charge on any atom is 0.276 e. The van der Waals surface area contributed by atoms with E-state index in [0.717, 1.165) is 19.4 Å². The second-order valence-electron chi connectivity index (χ2n) is 6.14. The van der Waals surface area contributed by atoms with E-state index >= 15 is 0 Å². The number of halogens is 1. The van der Waals surface area contributed by atoms with Crippen LogP contribution >= 0.6 is 11.6 Å². The Morgan fingerprint density at radius 2 is 2.21 bits per heavy atom. The second-order valence-corrected chi connectivity index (χ2v) is 6.55. The summed E-state index contributed by atoms with van der Waals surface area (Å²) in [5.74, 6) is 2.00. The zero-order valence-corrected chi connectivity index (χ0v) is 14.7. The molecule has 1 aromatic carbocycles. The van der Waals surface area contributed by atoms with Gasteiger partial charge in [0.25, 0.3) is 5.91 Å². The molecule has 1 unspecified atom stereocenters. The molecule has 0 spiro atoms. The molecule has 0 aliphatic carbocycles. The molecule has 1 aliphatic heterocycles. The molecule has 6 heteroatoms. The van der Waals surface area contributed by atoms with Crippen LogP contribution in [0.5, 0.6) is 5.75 Å². The molecule has 5 nitrogen and oxygen atoms in total. The highest BCUT2D eigenvalue weighted by atomic mass is 35.5. The number of benzene rings is 1. The molecule has 128 valence electrons. The molecule has 2 heterocycles. The summed E-state index contributed by atoms with van der Waals surface area (Å²) < 4.78 is 11.2. The maximum atomic E-state index is 12.6. The zero-order chi connectivity index (χ0) is 17.1. The molecule has 0 saturated carbocycles. The third-order valence-electron chi connectivity index (χ3n) is 4.22. The molecule has 24 heavy (non-hydrogen) atoms. The molecule has 0 radical (unpaired) electrons. The molecule has 2 aromatic rings. The number of carbonyl (C=O) groups is 1. The number of amides is 1. The fourth-order valence-electron chi connectivity index (χ4n) is 3.03. The van der Waals surface area contributed by atoms with Gasteiger partial charge in [0.1, 0.15) is 11.5 Å². The number of ether oxygens (including phenoxy) is 1. The number of aromatic nitrogens is 1. The van der Waals surface area contributed by atoms with Gasteiger partial charge in [-0.1, -0.05) is 23.7 Å². The molecule has 0 bridgehead atoms. The summed E-state index contributed by atoms with van der Waals surface area (Å²) >= 11 is 6.11. The molecule has 1 fully saturated rings. The van der Waals surface area contributed by atoms with Crippen molar-refractivity contribution in [3.05, 3.63) is 46.6 Å². The van der Waals surface area contributed by atoms with Gasteiger partial charge in [0.15, 0.2) is 11.6 Å². The summed E-state index contributed by atoms with van der Waals surface area (Å²) in [5, 5.41) is 0.606. The monoisotopic (exact) mass is 348 g/mol. The van der Waals surface area contributed by atoms with Gasteiger partial charge in [-0.05, 0) is 31.9 Å². The minimum Gasteiger partial charge on any atom is -0.492 e. The van der Waals surface area contributed by atoms with Gasteiger partial charge in [-0.15, -0.1) is 0 Å².